The molecule has 0 saturated carbocycles. The molecule has 0 aliphatic carbocycles. The predicted octanol–water partition coefficient (Wildman–Crippen LogP) is 2.52. The van der Waals surface area contributed by atoms with E-state index < -0.39 is 0 Å². The van der Waals surface area contributed by atoms with Crippen molar-refractivity contribution in [3.63, 3.8) is 0 Å². The van der Waals surface area contributed by atoms with Crippen LogP contribution in [0.5, 0.6) is 0 Å². The maximum atomic E-state index is 4.31. The Labute approximate surface area is 163 Å². The van der Waals surface area contributed by atoms with Gasteiger partial charge in [0.2, 0.25) is 0 Å². The smallest absolute Gasteiger partial charge is 0.191 e. The van der Waals surface area contributed by atoms with E-state index in [1.807, 2.05) is 7.05 Å². The molecule has 1 aromatic carbocycles. The average Bonchev–Trinajstić information content (AvgIpc) is 2.59. The molecule has 1 aliphatic heterocycles. The summed E-state index contributed by atoms with van der Waals surface area (Å²) in [7, 11) is 5.95. The first-order chi connectivity index (χ1) is 11.2. The Balaban J connectivity index is 0.00000288. The molecule has 1 heterocycles. The van der Waals surface area contributed by atoms with Gasteiger partial charge in [-0.15, -0.1) is 24.0 Å². The third-order valence-corrected chi connectivity index (χ3v) is 4.28. The summed E-state index contributed by atoms with van der Waals surface area (Å²) >= 11 is 0. The largest absolute Gasteiger partial charge is 0.378 e. The monoisotopic (exact) mass is 445 g/mol. The van der Waals surface area contributed by atoms with Crippen molar-refractivity contribution in [2.45, 2.75) is 25.8 Å². The molecule has 2 N–H and O–H groups in total. The van der Waals surface area contributed by atoms with Gasteiger partial charge >= 0.3 is 0 Å². The van der Waals surface area contributed by atoms with E-state index in [0.29, 0.717) is 0 Å². The van der Waals surface area contributed by atoms with Crippen LogP contribution in [0, 0.1) is 0 Å². The van der Waals surface area contributed by atoms with Gasteiger partial charge in [0.05, 0.1) is 0 Å². The Kier molecular flexibility index (Phi) is 10.1. The molecule has 136 valence electrons. The minimum Gasteiger partial charge on any atom is -0.378 e. The molecule has 1 saturated heterocycles. The van der Waals surface area contributed by atoms with Crippen LogP contribution in [0.15, 0.2) is 29.3 Å². The minimum atomic E-state index is 0. The first-order valence-corrected chi connectivity index (χ1v) is 8.62. The summed E-state index contributed by atoms with van der Waals surface area (Å²) in [6.45, 7) is 5.30. The van der Waals surface area contributed by atoms with Crippen LogP contribution in [0.3, 0.4) is 0 Å². The zero-order valence-electron chi connectivity index (χ0n) is 15.2. The summed E-state index contributed by atoms with van der Waals surface area (Å²) in [6.07, 6.45) is 4.07. The van der Waals surface area contributed by atoms with Crippen molar-refractivity contribution < 1.29 is 0 Å². The highest BCUT2D eigenvalue weighted by atomic mass is 127. The number of hydrogen-bond acceptors (Lipinski definition) is 3. The van der Waals surface area contributed by atoms with Gasteiger partial charge in [0.25, 0.3) is 0 Å². The van der Waals surface area contributed by atoms with E-state index in [-0.39, 0.29) is 24.0 Å². The maximum absolute atomic E-state index is 4.31. The average molecular weight is 445 g/mol. The van der Waals surface area contributed by atoms with Crippen LogP contribution >= 0.6 is 24.0 Å². The van der Waals surface area contributed by atoms with Crippen molar-refractivity contribution >= 4 is 35.6 Å². The van der Waals surface area contributed by atoms with Gasteiger partial charge in [0, 0.05) is 46.5 Å². The number of aliphatic imine (C=N–C) groups is 1. The predicted molar refractivity (Wildman–Crippen MR) is 115 cm³/mol. The van der Waals surface area contributed by atoms with Gasteiger partial charge in [-0.1, -0.05) is 18.6 Å². The fraction of sp³-hybridized carbons (Fsp3) is 0.611. The summed E-state index contributed by atoms with van der Waals surface area (Å²) in [6, 6.07) is 8.56. The number of halogens is 1. The number of nitrogens with zero attached hydrogens (tertiary/aromatic N) is 3. The molecule has 0 atom stereocenters. The molecule has 0 unspecified atom stereocenters. The summed E-state index contributed by atoms with van der Waals surface area (Å²) < 4.78 is 0. The summed E-state index contributed by atoms with van der Waals surface area (Å²) in [5.41, 5.74) is 2.48. The maximum Gasteiger partial charge on any atom is 0.191 e. The van der Waals surface area contributed by atoms with Crippen LogP contribution in [0.1, 0.15) is 24.8 Å². The minimum absolute atomic E-state index is 0. The van der Waals surface area contributed by atoms with Crippen LogP contribution in [-0.4, -0.2) is 58.2 Å². The Morgan fingerprint density at radius 3 is 2.58 bits per heavy atom. The molecule has 6 heteroatoms. The van der Waals surface area contributed by atoms with Crippen LogP contribution in [-0.2, 0) is 6.54 Å². The number of likely N-dealkylation sites (tertiary alicyclic amines) is 1. The molecule has 0 amide bonds. The molecule has 24 heavy (non-hydrogen) atoms. The molecule has 1 aromatic rings. The fourth-order valence-electron chi connectivity index (χ4n) is 2.87. The number of rotatable bonds is 6. The number of hydrogen-bond donors (Lipinski definition) is 2. The van der Waals surface area contributed by atoms with Crippen molar-refractivity contribution in [1.82, 2.24) is 15.5 Å². The number of nitrogens with one attached hydrogen (secondary N) is 2. The molecule has 2 rings (SSSR count). The molecule has 0 bridgehead atoms. The van der Waals surface area contributed by atoms with Gasteiger partial charge in [-0.2, -0.15) is 0 Å². The van der Waals surface area contributed by atoms with Gasteiger partial charge in [-0.3, -0.25) is 4.99 Å². The van der Waals surface area contributed by atoms with E-state index >= 15 is 0 Å². The lowest BCUT2D eigenvalue weighted by atomic mass is 10.1. The van der Waals surface area contributed by atoms with Crippen LogP contribution in [0.2, 0.25) is 0 Å². The molecule has 1 fully saturated rings. The van der Waals surface area contributed by atoms with E-state index in [9.17, 15) is 0 Å². The molecule has 0 spiro atoms. The van der Waals surface area contributed by atoms with Gasteiger partial charge in [0.1, 0.15) is 0 Å². The normalized spacial score (nSPS) is 15.5. The van der Waals surface area contributed by atoms with E-state index in [1.165, 1.54) is 43.6 Å². The molecule has 0 aromatic heterocycles. The van der Waals surface area contributed by atoms with Gasteiger partial charge in [0.15, 0.2) is 5.96 Å². The quantitative estimate of drug-likeness (QED) is 0.401. The van der Waals surface area contributed by atoms with Gasteiger partial charge in [-0.25, -0.2) is 0 Å². The lowest BCUT2D eigenvalue weighted by Crippen LogP contribution is -2.42. The lowest BCUT2D eigenvalue weighted by Gasteiger charge is -2.26. The lowest BCUT2D eigenvalue weighted by molar-refractivity contribution is 0.232. The number of benzene rings is 1. The molecular weight excluding hydrogens is 413 g/mol. The number of piperidine rings is 1. The van der Waals surface area contributed by atoms with Gasteiger partial charge in [-0.05, 0) is 43.6 Å². The van der Waals surface area contributed by atoms with Crippen molar-refractivity contribution in [3.05, 3.63) is 29.8 Å². The molecular formula is C18H32IN5. The van der Waals surface area contributed by atoms with Crippen molar-refractivity contribution in [2.75, 3.05) is 52.2 Å². The zero-order valence-corrected chi connectivity index (χ0v) is 17.5. The highest BCUT2D eigenvalue weighted by Crippen LogP contribution is 2.13. The summed E-state index contributed by atoms with van der Waals surface area (Å²) in [4.78, 5) is 8.96. The Morgan fingerprint density at radius 2 is 1.92 bits per heavy atom. The summed E-state index contributed by atoms with van der Waals surface area (Å²) in [5.74, 6) is 0.872. The Hall–Kier alpha value is -1.02. The van der Waals surface area contributed by atoms with E-state index in [2.05, 4.69) is 63.8 Å². The fourth-order valence-corrected chi connectivity index (χ4v) is 2.87. The van der Waals surface area contributed by atoms with Crippen molar-refractivity contribution in [1.29, 1.82) is 0 Å². The Morgan fingerprint density at radius 1 is 1.17 bits per heavy atom. The number of guanidine groups is 1. The molecule has 0 radical (unpaired) electrons. The summed E-state index contributed by atoms with van der Waals surface area (Å²) in [5, 5.41) is 6.80. The highest BCUT2D eigenvalue weighted by Gasteiger charge is 2.09. The van der Waals surface area contributed by atoms with Crippen molar-refractivity contribution in [3.8, 4) is 0 Å². The Bertz CT molecular complexity index is 498. The molecule has 5 nitrogen and oxygen atoms in total. The SMILES string of the molecule is CN=C(NCCN1CCCCC1)NCc1cccc(N(C)C)c1.I. The standard InChI is InChI=1S/C18H31N5.HI/c1-19-18(20-10-13-23-11-5-4-6-12-23)21-15-16-8-7-9-17(14-16)22(2)3;/h7-9,14H,4-6,10-13,15H2,1-3H3,(H2,19,20,21);1H. The number of anilines is 1. The molecule has 1 aliphatic rings. The van der Waals surface area contributed by atoms with Crippen molar-refractivity contribution in [2.24, 2.45) is 4.99 Å². The van der Waals surface area contributed by atoms with Crippen LogP contribution < -0.4 is 15.5 Å². The van der Waals surface area contributed by atoms with Crippen LogP contribution in [0.25, 0.3) is 0 Å². The van der Waals surface area contributed by atoms with Crippen LogP contribution in [0.4, 0.5) is 5.69 Å². The van der Waals surface area contributed by atoms with E-state index in [0.717, 1.165) is 25.6 Å². The second-order valence-corrected chi connectivity index (χ2v) is 6.32. The third-order valence-electron chi connectivity index (χ3n) is 4.28. The second kappa shape index (κ2) is 11.5. The van der Waals surface area contributed by atoms with E-state index in [1.54, 1.807) is 0 Å². The zero-order chi connectivity index (χ0) is 16.5. The first kappa shape index (κ1) is 21.0. The van der Waals surface area contributed by atoms with E-state index in [4.69, 9.17) is 0 Å². The highest BCUT2D eigenvalue weighted by molar-refractivity contribution is 14.0. The van der Waals surface area contributed by atoms with Gasteiger partial charge < -0.3 is 20.4 Å². The second-order valence-electron chi connectivity index (χ2n) is 6.32. The first-order valence-electron chi connectivity index (χ1n) is 8.62. The third kappa shape index (κ3) is 7.25. The topological polar surface area (TPSA) is 42.9 Å².